The smallest absolute Gasteiger partial charge is 0.269 e. The van der Waals surface area contributed by atoms with Gasteiger partial charge in [-0.15, -0.1) is 0 Å². The number of amides is 2. The molecular formula is C16H21N3O4. The number of hydrogen-bond donors (Lipinski definition) is 1. The van der Waals surface area contributed by atoms with Crippen molar-refractivity contribution in [2.45, 2.75) is 38.6 Å². The zero-order valence-electron chi connectivity index (χ0n) is 13.2. The Hall–Kier alpha value is -2.44. The second-order valence-corrected chi connectivity index (χ2v) is 5.85. The average molecular weight is 319 g/mol. The Labute approximate surface area is 134 Å². The standard InChI is InChI=1S/C16H21N3O4/c1-12(7-9-18-8-3-6-16(18)21)17-15(20)11-13-4-2-5-14(10-13)19(22)23/h2,4-5,10,12H,3,6-9,11H2,1H3,(H,17,20). The first-order valence-electron chi connectivity index (χ1n) is 7.76. The fraction of sp³-hybridized carbons (Fsp3) is 0.500. The van der Waals surface area contributed by atoms with Gasteiger partial charge >= 0.3 is 0 Å². The molecule has 1 fully saturated rings. The Morgan fingerprint density at radius 2 is 2.26 bits per heavy atom. The Bertz CT molecular complexity index is 603. The number of nitro groups is 1. The van der Waals surface area contributed by atoms with E-state index in [1.54, 1.807) is 12.1 Å². The summed E-state index contributed by atoms with van der Waals surface area (Å²) in [6.45, 7) is 3.34. The lowest BCUT2D eigenvalue weighted by Crippen LogP contribution is -2.37. The van der Waals surface area contributed by atoms with Gasteiger partial charge in [-0.25, -0.2) is 0 Å². The molecule has 7 nitrogen and oxygen atoms in total. The maximum absolute atomic E-state index is 12.0. The molecule has 1 aromatic rings. The second kappa shape index (κ2) is 7.71. The number of benzene rings is 1. The Kier molecular flexibility index (Phi) is 5.67. The summed E-state index contributed by atoms with van der Waals surface area (Å²) in [5.41, 5.74) is 0.592. The number of non-ortho nitro benzene ring substituents is 1. The highest BCUT2D eigenvalue weighted by molar-refractivity contribution is 5.79. The maximum Gasteiger partial charge on any atom is 0.269 e. The first-order chi connectivity index (χ1) is 11.0. The molecule has 0 aliphatic carbocycles. The number of nitrogens with one attached hydrogen (secondary N) is 1. The number of rotatable bonds is 7. The highest BCUT2D eigenvalue weighted by Crippen LogP contribution is 2.14. The van der Waals surface area contributed by atoms with Crippen LogP contribution >= 0.6 is 0 Å². The molecule has 0 radical (unpaired) electrons. The maximum atomic E-state index is 12.0. The lowest BCUT2D eigenvalue weighted by atomic mass is 10.1. The van der Waals surface area contributed by atoms with Crippen molar-refractivity contribution in [2.75, 3.05) is 13.1 Å². The Balaban J connectivity index is 1.78. The first kappa shape index (κ1) is 16.9. The van der Waals surface area contributed by atoms with Gasteiger partial charge < -0.3 is 10.2 Å². The SMILES string of the molecule is CC(CCN1CCCC1=O)NC(=O)Cc1cccc([N+](=O)[O-])c1. The van der Waals surface area contributed by atoms with E-state index in [4.69, 9.17) is 0 Å². The van der Waals surface area contributed by atoms with Crippen LogP contribution in [0.4, 0.5) is 5.69 Å². The van der Waals surface area contributed by atoms with Gasteiger partial charge in [-0.3, -0.25) is 19.7 Å². The van der Waals surface area contributed by atoms with Crippen molar-refractivity contribution in [1.82, 2.24) is 10.2 Å². The number of carbonyl (C=O) groups excluding carboxylic acids is 2. The number of nitro benzene ring substituents is 1. The molecule has 1 aliphatic heterocycles. The van der Waals surface area contributed by atoms with Gasteiger partial charge in [-0.05, 0) is 25.3 Å². The van der Waals surface area contributed by atoms with Crippen LogP contribution in [-0.4, -0.2) is 40.8 Å². The minimum atomic E-state index is -0.475. The van der Waals surface area contributed by atoms with Crippen LogP contribution in [-0.2, 0) is 16.0 Å². The van der Waals surface area contributed by atoms with Crippen LogP contribution in [0.5, 0.6) is 0 Å². The zero-order chi connectivity index (χ0) is 16.8. The van der Waals surface area contributed by atoms with E-state index in [-0.39, 0.29) is 30.0 Å². The summed E-state index contributed by atoms with van der Waals surface area (Å²) in [7, 11) is 0. The molecule has 1 atom stereocenters. The van der Waals surface area contributed by atoms with Crippen LogP contribution in [0, 0.1) is 10.1 Å². The fourth-order valence-corrected chi connectivity index (χ4v) is 2.65. The molecule has 2 amide bonds. The molecule has 0 spiro atoms. The van der Waals surface area contributed by atoms with Crippen molar-refractivity contribution in [1.29, 1.82) is 0 Å². The zero-order valence-corrected chi connectivity index (χ0v) is 13.2. The summed E-state index contributed by atoms with van der Waals surface area (Å²) in [5, 5.41) is 13.6. The van der Waals surface area contributed by atoms with Crippen molar-refractivity contribution in [3.63, 3.8) is 0 Å². The van der Waals surface area contributed by atoms with Crippen molar-refractivity contribution in [3.8, 4) is 0 Å². The van der Waals surface area contributed by atoms with Gasteiger partial charge in [0.2, 0.25) is 11.8 Å². The third-order valence-corrected chi connectivity index (χ3v) is 3.90. The molecule has 1 aliphatic rings. The summed E-state index contributed by atoms with van der Waals surface area (Å²) in [5.74, 6) is 0.00543. The van der Waals surface area contributed by atoms with Gasteiger partial charge in [-0.1, -0.05) is 12.1 Å². The molecule has 23 heavy (non-hydrogen) atoms. The highest BCUT2D eigenvalue weighted by atomic mass is 16.6. The molecule has 1 saturated heterocycles. The van der Waals surface area contributed by atoms with Gasteiger partial charge in [0.05, 0.1) is 11.3 Å². The normalized spacial score (nSPS) is 15.5. The summed E-state index contributed by atoms with van der Waals surface area (Å²) in [4.78, 5) is 35.6. The highest BCUT2D eigenvalue weighted by Gasteiger charge is 2.20. The van der Waals surface area contributed by atoms with Gasteiger partial charge in [0.1, 0.15) is 0 Å². The summed E-state index contributed by atoms with van der Waals surface area (Å²) >= 11 is 0. The van der Waals surface area contributed by atoms with Crippen molar-refractivity contribution in [3.05, 3.63) is 39.9 Å². The molecular weight excluding hydrogens is 298 g/mol. The van der Waals surface area contributed by atoms with E-state index in [2.05, 4.69) is 5.32 Å². The lowest BCUT2D eigenvalue weighted by Gasteiger charge is -2.19. The number of hydrogen-bond acceptors (Lipinski definition) is 4. The van der Waals surface area contributed by atoms with Gasteiger partial charge in [0, 0.05) is 37.7 Å². The fourth-order valence-electron chi connectivity index (χ4n) is 2.65. The first-order valence-corrected chi connectivity index (χ1v) is 7.76. The Morgan fingerprint density at radius 3 is 2.91 bits per heavy atom. The third-order valence-electron chi connectivity index (χ3n) is 3.90. The largest absolute Gasteiger partial charge is 0.353 e. The van der Waals surface area contributed by atoms with Crippen LogP contribution in [0.3, 0.4) is 0 Å². The van der Waals surface area contributed by atoms with E-state index in [0.717, 1.165) is 13.0 Å². The van der Waals surface area contributed by atoms with Crippen molar-refractivity contribution >= 4 is 17.5 Å². The molecule has 0 saturated carbocycles. The van der Waals surface area contributed by atoms with E-state index >= 15 is 0 Å². The molecule has 0 aromatic heterocycles. The quantitative estimate of drug-likeness (QED) is 0.611. The predicted molar refractivity (Wildman–Crippen MR) is 84.8 cm³/mol. The van der Waals surface area contributed by atoms with E-state index < -0.39 is 4.92 Å². The van der Waals surface area contributed by atoms with Crippen LogP contribution in [0.15, 0.2) is 24.3 Å². The average Bonchev–Trinajstić information content (AvgIpc) is 2.90. The van der Waals surface area contributed by atoms with Crippen LogP contribution in [0.2, 0.25) is 0 Å². The van der Waals surface area contributed by atoms with E-state index in [1.165, 1.54) is 12.1 Å². The second-order valence-electron chi connectivity index (χ2n) is 5.85. The van der Waals surface area contributed by atoms with E-state index in [0.29, 0.717) is 24.9 Å². The monoisotopic (exact) mass is 319 g/mol. The van der Waals surface area contributed by atoms with Crippen molar-refractivity contribution < 1.29 is 14.5 Å². The molecule has 2 rings (SSSR count). The summed E-state index contributed by atoms with van der Waals surface area (Å²) in [6, 6.07) is 6.03. The topological polar surface area (TPSA) is 92.6 Å². The lowest BCUT2D eigenvalue weighted by molar-refractivity contribution is -0.384. The molecule has 0 bridgehead atoms. The molecule has 1 aromatic carbocycles. The minimum absolute atomic E-state index is 0.0177. The number of likely N-dealkylation sites (tertiary alicyclic amines) is 1. The molecule has 1 N–H and O–H groups in total. The summed E-state index contributed by atoms with van der Waals surface area (Å²) < 4.78 is 0. The molecule has 7 heteroatoms. The minimum Gasteiger partial charge on any atom is -0.353 e. The predicted octanol–water partition coefficient (Wildman–Crippen LogP) is 1.65. The van der Waals surface area contributed by atoms with Gasteiger partial charge in [0.25, 0.3) is 5.69 Å². The van der Waals surface area contributed by atoms with Crippen LogP contribution in [0.1, 0.15) is 31.7 Å². The van der Waals surface area contributed by atoms with Gasteiger partial charge in [0.15, 0.2) is 0 Å². The van der Waals surface area contributed by atoms with E-state index in [9.17, 15) is 19.7 Å². The summed E-state index contributed by atoms with van der Waals surface area (Å²) in [6.07, 6.45) is 2.33. The van der Waals surface area contributed by atoms with Gasteiger partial charge in [-0.2, -0.15) is 0 Å². The molecule has 124 valence electrons. The van der Waals surface area contributed by atoms with Crippen LogP contribution in [0.25, 0.3) is 0 Å². The third kappa shape index (κ3) is 5.05. The number of carbonyl (C=O) groups is 2. The Morgan fingerprint density at radius 1 is 1.48 bits per heavy atom. The van der Waals surface area contributed by atoms with E-state index in [1.807, 2.05) is 11.8 Å². The van der Waals surface area contributed by atoms with Crippen molar-refractivity contribution in [2.24, 2.45) is 0 Å². The van der Waals surface area contributed by atoms with Crippen LogP contribution < -0.4 is 5.32 Å². The number of nitrogens with zero attached hydrogens (tertiary/aromatic N) is 2. The molecule has 1 unspecified atom stereocenters. The molecule has 1 heterocycles.